The Kier molecular flexibility index (Phi) is 2.36. The van der Waals surface area contributed by atoms with Crippen LogP contribution in [0.1, 0.15) is 34.1 Å². The second-order valence-corrected chi connectivity index (χ2v) is 6.91. The highest BCUT2D eigenvalue weighted by molar-refractivity contribution is 5.90. The van der Waals surface area contributed by atoms with E-state index in [0.29, 0.717) is 5.39 Å². The van der Waals surface area contributed by atoms with Gasteiger partial charge in [-0.25, -0.2) is 9.18 Å². The van der Waals surface area contributed by atoms with Crippen LogP contribution in [0.25, 0.3) is 10.8 Å². The molecule has 122 valence electrons. The number of carbonyl (C=O) groups excluding carboxylic acids is 1. The number of hydrogen-bond acceptors (Lipinski definition) is 3. The fourth-order valence-electron chi connectivity index (χ4n) is 4.97. The molecule has 1 fully saturated rings. The highest BCUT2D eigenvalue weighted by atomic mass is 19.1. The molecule has 0 saturated carbocycles. The predicted octanol–water partition coefficient (Wildman–Crippen LogP) is 4.47. The number of benzene rings is 3. The summed E-state index contributed by atoms with van der Waals surface area (Å²) in [4.78, 5) is 11.8. The van der Waals surface area contributed by atoms with Crippen molar-refractivity contribution >= 4 is 16.9 Å². The minimum Gasteiger partial charge on any atom is -0.426 e. The summed E-state index contributed by atoms with van der Waals surface area (Å²) in [6.45, 7) is 0. The highest BCUT2D eigenvalue weighted by Gasteiger charge is 2.57. The van der Waals surface area contributed by atoms with Crippen molar-refractivity contribution in [2.45, 2.75) is 24.0 Å². The van der Waals surface area contributed by atoms with Crippen LogP contribution in [0.5, 0.6) is 0 Å². The summed E-state index contributed by atoms with van der Waals surface area (Å²) in [5.74, 6) is -0.550. The van der Waals surface area contributed by atoms with E-state index in [-0.39, 0.29) is 29.9 Å². The van der Waals surface area contributed by atoms with E-state index in [1.165, 1.54) is 0 Å². The normalized spacial score (nSPS) is 28.1. The van der Waals surface area contributed by atoms with Crippen molar-refractivity contribution in [2.24, 2.45) is 0 Å². The minimum atomic E-state index is -0.629. The van der Waals surface area contributed by atoms with Crippen LogP contribution in [0, 0.1) is 5.82 Å². The van der Waals surface area contributed by atoms with Crippen LogP contribution in [0.15, 0.2) is 54.6 Å². The zero-order valence-corrected chi connectivity index (χ0v) is 13.1. The maximum atomic E-state index is 14.8. The Balaban J connectivity index is 1.75. The molecule has 1 aliphatic heterocycles. The van der Waals surface area contributed by atoms with Gasteiger partial charge in [-0.05, 0) is 33.7 Å². The third-order valence-electron chi connectivity index (χ3n) is 5.83. The van der Waals surface area contributed by atoms with E-state index in [9.17, 15) is 9.18 Å². The summed E-state index contributed by atoms with van der Waals surface area (Å²) in [6.07, 6.45) is -1.37. The molecule has 4 atom stereocenters. The van der Waals surface area contributed by atoms with Crippen LogP contribution in [0.2, 0.25) is 0 Å². The van der Waals surface area contributed by atoms with E-state index in [4.69, 9.17) is 9.47 Å². The van der Waals surface area contributed by atoms with E-state index in [1.807, 2.05) is 36.4 Å². The molecule has 7 rings (SSSR count). The van der Waals surface area contributed by atoms with Crippen LogP contribution in [-0.2, 0) is 9.47 Å². The lowest BCUT2D eigenvalue weighted by molar-refractivity contribution is 0.103. The molecule has 0 spiro atoms. The first kappa shape index (κ1) is 13.4. The van der Waals surface area contributed by atoms with Crippen LogP contribution in [0.4, 0.5) is 9.18 Å². The van der Waals surface area contributed by atoms with Crippen molar-refractivity contribution < 1.29 is 18.7 Å². The molecule has 3 aromatic carbocycles. The molecule has 0 aromatic heterocycles. The molecule has 3 aromatic rings. The van der Waals surface area contributed by atoms with Gasteiger partial charge in [0.2, 0.25) is 0 Å². The highest BCUT2D eigenvalue weighted by Crippen LogP contribution is 2.58. The third-order valence-corrected chi connectivity index (χ3v) is 5.83. The monoisotopic (exact) mass is 332 g/mol. The van der Waals surface area contributed by atoms with Gasteiger partial charge in [0, 0.05) is 5.39 Å². The van der Waals surface area contributed by atoms with Gasteiger partial charge in [0.1, 0.15) is 5.82 Å². The van der Waals surface area contributed by atoms with Crippen molar-refractivity contribution in [3.8, 4) is 0 Å². The first-order chi connectivity index (χ1) is 12.2. The molecule has 1 saturated heterocycles. The van der Waals surface area contributed by atoms with Crippen molar-refractivity contribution in [2.75, 3.05) is 0 Å². The molecular weight excluding hydrogens is 319 g/mol. The number of rotatable bonds is 0. The van der Waals surface area contributed by atoms with Gasteiger partial charge in [-0.2, -0.15) is 0 Å². The summed E-state index contributed by atoms with van der Waals surface area (Å²) in [7, 11) is 0. The van der Waals surface area contributed by atoms with Crippen LogP contribution in [0.3, 0.4) is 0 Å². The summed E-state index contributed by atoms with van der Waals surface area (Å²) in [5.41, 5.74) is 4.24. The lowest BCUT2D eigenvalue weighted by Gasteiger charge is -2.45. The molecule has 1 heterocycles. The summed E-state index contributed by atoms with van der Waals surface area (Å²) < 4.78 is 25.8. The van der Waals surface area contributed by atoms with E-state index in [1.54, 1.807) is 12.1 Å². The molecule has 0 amide bonds. The fourth-order valence-corrected chi connectivity index (χ4v) is 4.97. The maximum absolute atomic E-state index is 14.8. The van der Waals surface area contributed by atoms with E-state index < -0.39 is 6.16 Å². The number of hydrogen-bond donors (Lipinski definition) is 0. The fraction of sp³-hybridized carbons (Fsp3) is 0.190. The van der Waals surface area contributed by atoms with E-state index in [2.05, 4.69) is 6.07 Å². The van der Waals surface area contributed by atoms with Gasteiger partial charge < -0.3 is 9.47 Å². The molecule has 0 N–H and O–H groups in total. The zero-order chi connectivity index (χ0) is 16.7. The molecule has 3 nitrogen and oxygen atoms in total. The van der Waals surface area contributed by atoms with Gasteiger partial charge in [-0.15, -0.1) is 0 Å². The zero-order valence-electron chi connectivity index (χ0n) is 13.1. The van der Waals surface area contributed by atoms with Gasteiger partial charge in [-0.3, -0.25) is 0 Å². The summed E-state index contributed by atoms with van der Waals surface area (Å²) in [6, 6.07) is 17.2. The van der Waals surface area contributed by atoms with Gasteiger partial charge in [0.25, 0.3) is 0 Å². The first-order valence-corrected chi connectivity index (χ1v) is 8.41. The molecular formula is C21H13FO3. The Bertz CT molecular complexity index is 1070. The predicted molar refractivity (Wildman–Crippen MR) is 89.2 cm³/mol. The van der Waals surface area contributed by atoms with E-state index >= 15 is 0 Å². The van der Waals surface area contributed by atoms with E-state index in [0.717, 1.165) is 27.6 Å². The second kappa shape index (κ2) is 4.39. The third kappa shape index (κ3) is 1.53. The number of carbonyl (C=O) groups is 1. The van der Waals surface area contributed by atoms with Crippen LogP contribution >= 0.6 is 0 Å². The number of halogens is 1. The lowest BCUT2D eigenvalue weighted by atomic mass is 9.60. The quantitative estimate of drug-likeness (QED) is 0.570. The first-order valence-electron chi connectivity index (χ1n) is 8.41. The van der Waals surface area contributed by atoms with Gasteiger partial charge in [0.15, 0.2) is 12.2 Å². The summed E-state index contributed by atoms with van der Waals surface area (Å²) in [5, 5.41) is 1.50. The standard InChI is InChI=1S/C21H13FO3/c22-15-9-14-16(11-6-2-1-5-10(11)15)18-13-8-4-3-7-12(13)17(14)19-20(18)25-21(23)24-19/h1-9,17-20H. The number of ether oxygens (including phenoxy) is 2. The molecule has 4 unspecified atom stereocenters. The molecule has 4 aliphatic rings. The summed E-state index contributed by atoms with van der Waals surface area (Å²) >= 11 is 0. The molecule has 25 heavy (non-hydrogen) atoms. The number of fused-ring (bicyclic) bond motifs is 1. The Morgan fingerprint density at radius 3 is 2.12 bits per heavy atom. The Morgan fingerprint density at radius 1 is 0.760 bits per heavy atom. The second-order valence-electron chi connectivity index (χ2n) is 6.91. The molecule has 3 aliphatic carbocycles. The van der Waals surface area contributed by atoms with Gasteiger partial charge in [-0.1, -0.05) is 48.5 Å². The van der Waals surface area contributed by atoms with Gasteiger partial charge in [0.05, 0.1) is 11.8 Å². The Hall–Kier alpha value is -2.88. The molecule has 4 heteroatoms. The minimum absolute atomic E-state index is 0.127. The van der Waals surface area contributed by atoms with Crippen LogP contribution < -0.4 is 0 Å². The van der Waals surface area contributed by atoms with Crippen molar-refractivity contribution in [1.29, 1.82) is 0 Å². The van der Waals surface area contributed by atoms with Crippen molar-refractivity contribution in [1.82, 2.24) is 0 Å². The Labute approximate surface area is 143 Å². The average Bonchev–Trinajstić information content (AvgIpc) is 3.03. The van der Waals surface area contributed by atoms with Crippen molar-refractivity contribution in [3.63, 3.8) is 0 Å². The smallest absolute Gasteiger partial charge is 0.426 e. The van der Waals surface area contributed by atoms with Crippen molar-refractivity contribution in [3.05, 3.63) is 82.7 Å². The topological polar surface area (TPSA) is 35.5 Å². The SMILES string of the molecule is O=C1OC2C3c4ccccc4C(c4c3cc(F)c3ccccc43)C2O1. The lowest BCUT2D eigenvalue weighted by Crippen LogP contribution is -2.45. The average molecular weight is 332 g/mol. The largest absolute Gasteiger partial charge is 0.509 e. The van der Waals surface area contributed by atoms with Crippen LogP contribution in [-0.4, -0.2) is 18.4 Å². The maximum Gasteiger partial charge on any atom is 0.509 e. The Morgan fingerprint density at radius 2 is 1.36 bits per heavy atom. The molecule has 2 bridgehead atoms. The molecule has 0 radical (unpaired) electrons. The van der Waals surface area contributed by atoms with Gasteiger partial charge >= 0.3 is 6.16 Å².